The highest BCUT2D eigenvalue weighted by Crippen LogP contribution is 2.15. The van der Waals surface area contributed by atoms with Crippen molar-refractivity contribution in [1.29, 1.82) is 0 Å². The summed E-state index contributed by atoms with van der Waals surface area (Å²) in [6.45, 7) is 3.87. The second-order valence-corrected chi connectivity index (χ2v) is 10.1. The number of amides is 1. The van der Waals surface area contributed by atoms with Gasteiger partial charge >= 0.3 is 0 Å². The van der Waals surface area contributed by atoms with Gasteiger partial charge in [-0.15, -0.1) is 11.3 Å². The van der Waals surface area contributed by atoms with Gasteiger partial charge < -0.3 is 4.90 Å². The van der Waals surface area contributed by atoms with Crippen molar-refractivity contribution < 1.29 is 17.6 Å². The molecule has 1 N–H and O–H groups in total. The number of thiazole rings is 1. The van der Waals surface area contributed by atoms with E-state index in [9.17, 15) is 22.4 Å². The van der Waals surface area contributed by atoms with Gasteiger partial charge in [-0.1, -0.05) is 12.1 Å². The molecule has 3 heterocycles. The SMILES string of the molecule is C[C@H](NS(=O)(=O)c1ccccc1F)C(=O)N1CCN(Cc2cc(=O)n3ccsc3n2)CC1. The third kappa shape index (κ3) is 4.72. The molecule has 12 heteroatoms. The minimum atomic E-state index is -4.16. The third-order valence-corrected chi connectivity index (χ3v) is 7.58. The number of hydrogen-bond acceptors (Lipinski definition) is 7. The minimum absolute atomic E-state index is 0.129. The largest absolute Gasteiger partial charge is 0.339 e. The number of fused-ring (bicyclic) bond motifs is 1. The fourth-order valence-electron chi connectivity index (χ4n) is 3.61. The van der Waals surface area contributed by atoms with Gasteiger partial charge in [0.1, 0.15) is 10.7 Å². The number of hydrogen-bond donors (Lipinski definition) is 1. The Morgan fingerprint density at radius 1 is 1.25 bits per heavy atom. The zero-order valence-electron chi connectivity index (χ0n) is 17.3. The molecular weight excluding hydrogens is 457 g/mol. The molecule has 9 nitrogen and oxygen atoms in total. The molecular formula is C20H22FN5O4S2. The van der Waals surface area contributed by atoms with Crippen LogP contribution >= 0.6 is 11.3 Å². The summed E-state index contributed by atoms with van der Waals surface area (Å²) in [6, 6.07) is 5.50. The first-order valence-electron chi connectivity index (χ1n) is 9.98. The van der Waals surface area contributed by atoms with E-state index in [0.717, 1.165) is 12.1 Å². The van der Waals surface area contributed by atoms with Gasteiger partial charge in [-0.05, 0) is 19.1 Å². The smallest absolute Gasteiger partial charge is 0.258 e. The van der Waals surface area contributed by atoms with E-state index < -0.39 is 26.8 Å². The fourth-order valence-corrected chi connectivity index (χ4v) is 5.62. The van der Waals surface area contributed by atoms with Crippen LogP contribution in [0, 0.1) is 5.82 Å². The van der Waals surface area contributed by atoms with Gasteiger partial charge in [0.2, 0.25) is 15.9 Å². The Kier molecular flexibility index (Phi) is 6.38. The van der Waals surface area contributed by atoms with Crippen molar-refractivity contribution in [3.05, 3.63) is 63.8 Å². The van der Waals surface area contributed by atoms with Crippen molar-refractivity contribution >= 4 is 32.2 Å². The van der Waals surface area contributed by atoms with Crippen LogP contribution in [0.5, 0.6) is 0 Å². The van der Waals surface area contributed by atoms with E-state index >= 15 is 0 Å². The highest BCUT2D eigenvalue weighted by Gasteiger charge is 2.29. The molecule has 0 bridgehead atoms. The van der Waals surface area contributed by atoms with E-state index in [2.05, 4.69) is 14.6 Å². The second-order valence-electron chi connectivity index (χ2n) is 7.52. The van der Waals surface area contributed by atoms with E-state index in [1.165, 1.54) is 40.9 Å². The Morgan fingerprint density at radius 2 is 1.97 bits per heavy atom. The summed E-state index contributed by atoms with van der Waals surface area (Å²) < 4.78 is 42.5. The molecule has 0 spiro atoms. The average Bonchev–Trinajstić information content (AvgIpc) is 3.23. The maximum atomic E-state index is 13.9. The molecule has 1 atom stereocenters. The number of aromatic nitrogens is 2. The topological polar surface area (TPSA) is 104 Å². The molecule has 0 aliphatic carbocycles. The first-order valence-corrected chi connectivity index (χ1v) is 12.3. The van der Waals surface area contributed by atoms with Crippen LogP contribution in [-0.2, 0) is 21.4 Å². The summed E-state index contributed by atoms with van der Waals surface area (Å²) in [4.78, 5) is 33.2. The zero-order valence-corrected chi connectivity index (χ0v) is 18.9. The monoisotopic (exact) mass is 479 g/mol. The molecule has 1 saturated heterocycles. The number of benzene rings is 1. The van der Waals surface area contributed by atoms with Crippen molar-refractivity contribution in [3.63, 3.8) is 0 Å². The molecule has 1 aliphatic heterocycles. The summed E-state index contributed by atoms with van der Waals surface area (Å²) in [7, 11) is -4.16. The standard InChI is InChI=1S/C20H22FN5O4S2/c1-14(23-32(29,30)17-5-3-2-4-16(17)21)19(28)25-8-6-24(7-9-25)13-15-12-18(27)26-10-11-31-20(26)22-15/h2-5,10-12,14,23H,6-9,13H2,1H3/t14-/m0/s1. The molecule has 1 aliphatic rings. The number of piperazine rings is 1. The lowest BCUT2D eigenvalue weighted by Gasteiger charge is -2.35. The number of sulfonamides is 1. The summed E-state index contributed by atoms with van der Waals surface area (Å²) >= 11 is 1.39. The van der Waals surface area contributed by atoms with Crippen molar-refractivity contribution in [2.45, 2.75) is 24.4 Å². The van der Waals surface area contributed by atoms with Gasteiger partial charge in [0.05, 0.1) is 11.7 Å². The van der Waals surface area contributed by atoms with Crippen LogP contribution in [0.1, 0.15) is 12.6 Å². The molecule has 0 unspecified atom stereocenters. The number of nitrogens with zero attached hydrogens (tertiary/aromatic N) is 4. The van der Waals surface area contributed by atoms with E-state index in [-0.39, 0.29) is 11.5 Å². The average molecular weight is 480 g/mol. The van der Waals surface area contributed by atoms with E-state index in [4.69, 9.17) is 0 Å². The number of rotatable bonds is 6. The molecule has 1 fully saturated rings. The summed E-state index contributed by atoms with van der Waals surface area (Å²) in [5.74, 6) is -1.25. The van der Waals surface area contributed by atoms with Gasteiger partial charge in [-0.2, -0.15) is 4.72 Å². The molecule has 170 valence electrons. The lowest BCUT2D eigenvalue weighted by atomic mass is 10.2. The lowest BCUT2D eigenvalue weighted by molar-refractivity contribution is -0.134. The molecule has 4 rings (SSSR count). The normalized spacial score (nSPS) is 16.4. The molecule has 3 aromatic rings. The van der Waals surface area contributed by atoms with Crippen LogP contribution in [0.2, 0.25) is 0 Å². The summed E-state index contributed by atoms with van der Waals surface area (Å²) in [5.41, 5.74) is 0.541. The van der Waals surface area contributed by atoms with Crippen LogP contribution in [0.3, 0.4) is 0 Å². The number of nitrogens with one attached hydrogen (secondary N) is 1. The predicted molar refractivity (Wildman–Crippen MR) is 117 cm³/mol. The number of carbonyl (C=O) groups is 1. The minimum Gasteiger partial charge on any atom is -0.339 e. The number of carbonyl (C=O) groups excluding carboxylic acids is 1. The Labute approximate surface area is 188 Å². The highest BCUT2D eigenvalue weighted by atomic mass is 32.2. The van der Waals surface area contributed by atoms with Crippen LogP contribution in [0.4, 0.5) is 4.39 Å². The predicted octanol–water partition coefficient (Wildman–Crippen LogP) is 0.906. The second kappa shape index (κ2) is 9.06. The molecule has 1 amide bonds. The molecule has 32 heavy (non-hydrogen) atoms. The van der Waals surface area contributed by atoms with E-state index in [1.807, 2.05) is 0 Å². The molecule has 1 aromatic carbocycles. The lowest BCUT2D eigenvalue weighted by Crippen LogP contribution is -2.54. The van der Waals surface area contributed by atoms with Gasteiger partial charge in [0.15, 0.2) is 4.96 Å². The molecule has 0 saturated carbocycles. The zero-order chi connectivity index (χ0) is 22.9. The maximum absolute atomic E-state index is 13.9. The van der Waals surface area contributed by atoms with Gasteiger partial charge in [-0.25, -0.2) is 17.8 Å². The van der Waals surface area contributed by atoms with Crippen LogP contribution < -0.4 is 10.3 Å². The third-order valence-electron chi connectivity index (χ3n) is 5.25. The quantitative estimate of drug-likeness (QED) is 0.564. The Morgan fingerprint density at radius 3 is 2.69 bits per heavy atom. The van der Waals surface area contributed by atoms with E-state index in [1.54, 1.807) is 16.5 Å². The van der Waals surface area contributed by atoms with Crippen LogP contribution in [0.25, 0.3) is 4.96 Å². The van der Waals surface area contributed by atoms with Crippen LogP contribution in [-0.4, -0.2) is 65.7 Å². The van der Waals surface area contributed by atoms with Gasteiger partial charge in [0, 0.05) is 50.4 Å². The van der Waals surface area contributed by atoms with Crippen molar-refractivity contribution in [2.75, 3.05) is 26.2 Å². The molecule has 2 aromatic heterocycles. The van der Waals surface area contributed by atoms with Crippen LogP contribution in [0.15, 0.2) is 51.6 Å². The first kappa shape index (κ1) is 22.5. The summed E-state index contributed by atoms with van der Waals surface area (Å²) in [5, 5.41) is 1.81. The Balaban J connectivity index is 1.34. The van der Waals surface area contributed by atoms with Gasteiger partial charge in [0.25, 0.3) is 5.56 Å². The van der Waals surface area contributed by atoms with Crippen molar-refractivity contribution in [1.82, 2.24) is 23.9 Å². The highest BCUT2D eigenvalue weighted by molar-refractivity contribution is 7.89. The Hall–Kier alpha value is -2.67. The molecule has 0 radical (unpaired) electrons. The fraction of sp³-hybridized carbons (Fsp3) is 0.350. The van der Waals surface area contributed by atoms with Crippen molar-refractivity contribution in [3.8, 4) is 0 Å². The maximum Gasteiger partial charge on any atom is 0.258 e. The first-order chi connectivity index (χ1) is 15.2. The Bertz CT molecular complexity index is 1300. The van der Waals surface area contributed by atoms with Crippen molar-refractivity contribution in [2.24, 2.45) is 0 Å². The summed E-state index contributed by atoms with van der Waals surface area (Å²) in [6.07, 6.45) is 1.69. The number of halogens is 1. The van der Waals surface area contributed by atoms with E-state index in [0.29, 0.717) is 43.4 Å². The van der Waals surface area contributed by atoms with Gasteiger partial charge in [-0.3, -0.25) is 18.9 Å².